The van der Waals surface area contributed by atoms with Crippen LogP contribution in [0.15, 0.2) is 48.7 Å². The number of nitrogens with zero attached hydrogens (tertiary/aromatic N) is 1. The number of carbonyl (C=O) groups is 1. The fourth-order valence-corrected chi connectivity index (χ4v) is 2.54. The highest BCUT2D eigenvalue weighted by Crippen LogP contribution is 2.31. The van der Waals surface area contributed by atoms with E-state index < -0.39 is 5.91 Å². The number of amides is 1. The van der Waals surface area contributed by atoms with Gasteiger partial charge in [-0.2, -0.15) is 0 Å². The molecule has 3 rings (SSSR count). The van der Waals surface area contributed by atoms with Crippen molar-refractivity contribution < 1.29 is 14.6 Å². The van der Waals surface area contributed by atoms with Gasteiger partial charge in [-0.1, -0.05) is 6.07 Å². The first-order valence-electron chi connectivity index (χ1n) is 6.98. The number of nitrogens with two attached hydrogens (primary N) is 1. The lowest BCUT2D eigenvalue weighted by atomic mass is 10.1. The molecule has 0 atom stereocenters. The largest absolute Gasteiger partial charge is 0.507 e. The zero-order valence-corrected chi connectivity index (χ0v) is 12.1. The van der Waals surface area contributed by atoms with E-state index in [1.165, 1.54) is 6.07 Å². The number of rotatable bonds is 4. The third-order valence-electron chi connectivity index (χ3n) is 3.50. The van der Waals surface area contributed by atoms with Gasteiger partial charge in [-0.05, 0) is 43.3 Å². The molecule has 0 aliphatic carbocycles. The second-order valence-electron chi connectivity index (χ2n) is 4.88. The maximum atomic E-state index is 11.6. The van der Waals surface area contributed by atoms with Gasteiger partial charge in [0.05, 0.1) is 23.1 Å². The summed E-state index contributed by atoms with van der Waals surface area (Å²) in [7, 11) is 0. The van der Waals surface area contributed by atoms with Crippen LogP contribution in [0.3, 0.4) is 0 Å². The van der Waals surface area contributed by atoms with E-state index in [1.807, 2.05) is 41.8 Å². The summed E-state index contributed by atoms with van der Waals surface area (Å²) < 4.78 is 7.25. The molecular formula is C17H16N2O3. The number of phenols is 1. The van der Waals surface area contributed by atoms with E-state index in [-0.39, 0.29) is 5.75 Å². The third kappa shape index (κ3) is 2.26. The van der Waals surface area contributed by atoms with Crippen molar-refractivity contribution in [1.82, 2.24) is 4.57 Å². The molecule has 0 saturated heterocycles. The van der Waals surface area contributed by atoms with Crippen molar-refractivity contribution in [1.29, 1.82) is 0 Å². The molecular weight excluding hydrogens is 280 g/mol. The lowest BCUT2D eigenvalue weighted by molar-refractivity contribution is 0.100. The molecule has 0 aliphatic rings. The van der Waals surface area contributed by atoms with Gasteiger partial charge in [-0.25, -0.2) is 0 Å². The van der Waals surface area contributed by atoms with Gasteiger partial charge in [0.25, 0.3) is 5.91 Å². The molecule has 0 radical (unpaired) electrons. The average molecular weight is 296 g/mol. The summed E-state index contributed by atoms with van der Waals surface area (Å²) in [5.74, 6) is 0.243. The molecule has 0 saturated carbocycles. The molecule has 0 fully saturated rings. The topological polar surface area (TPSA) is 77.5 Å². The van der Waals surface area contributed by atoms with Crippen LogP contribution in [-0.4, -0.2) is 22.2 Å². The minimum Gasteiger partial charge on any atom is -0.507 e. The summed E-state index contributed by atoms with van der Waals surface area (Å²) in [6.07, 6.45) is 1.64. The summed E-state index contributed by atoms with van der Waals surface area (Å²) >= 11 is 0. The number of benzene rings is 2. The van der Waals surface area contributed by atoms with Crippen LogP contribution in [0.1, 0.15) is 17.3 Å². The maximum Gasteiger partial charge on any atom is 0.251 e. The number of aromatic hydroxyl groups is 1. The van der Waals surface area contributed by atoms with Crippen molar-refractivity contribution in [3.05, 3.63) is 54.2 Å². The Labute approximate surface area is 127 Å². The smallest absolute Gasteiger partial charge is 0.251 e. The molecule has 0 spiro atoms. The molecule has 2 aromatic carbocycles. The Kier molecular flexibility index (Phi) is 3.47. The predicted octanol–water partition coefficient (Wildman–Crippen LogP) is 2.83. The van der Waals surface area contributed by atoms with Crippen LogP contribution in [0.2, 0.25) is 0 Å². The minimum atomic E-state index is -0.573. The Morgan fingerprint density at radius 2 is 1.95 bits per heavy atom. The number of carbonyl (C=O) groups excluding carboxylic acids is 1. The van der Waals surface area contributed by atoms with E-state index in [0.717, 1.165) is 17.0 Å². The van der Waals surface area contributed by atoms with Crippen LogP contribution in [0, 0.1) is 0 Å². The van der Waals surface area contributed by atoms with Crippen molar-refractivity contribution in [3.8, 4) is 17.2 Å². The fraction of sp³-hybridized carbons (Fsp3) is 0.118. The van der Waals surface area contributed by atoms with Crippen molar-refractivity contribution >= 4 is 16.8 Å². The molecule has 0 aliphatic heterocycles. The summed E-state index contributed by atoms with van der Waals surface area (Å²) in [6, 6.07) is 12.6. The van der Waals surface area contributed by atoms with E-state index in [1.54, 1.807) is 12.3 Å². The molecule has 1 aromatic heterocycles. The molecule has 3 aromatic rings. The highest BCUT2D eigenvalue weighted by Gasteiger charge is 2.16. The second-order valence-corrected chi connectivity index (χ2v) is 4.88. The lowest BCUT2D eigenvalue weighted by Gasteiger charge is -2.07. The number of aromatic nitrogens is 1. The van der Waals surface area contributed by atoms with Gasteiger partial charge < -0.3 is 20.1 Å². The van der Waals surface area contributed by atoms with Gasteiger partial charge in [0, 0.05) is 11.9 Å². The second kappa shape index (κ2) is 5.44. The summed E-state index contributed by atoms with van der Waals surface area (Å²) in [5.41, 5.74) is 7.29. The van der Waals surface area contributed by atoms with Crippen LogP contribution >= 0.6 is 0 Å². The Morgan fingerprint density at radius 1 is 1.23 bits per heavy atom. The molecule has 0 unspecified atom stereocenters. The van der Waals surface area contributed by atoms with Gasteiger partial charge in [-0.3, -0.25) is 4.79 Å². The average Bonchev–Trinajstić information content (AvgIpc) is 2.90. The monoisotopic (exact) mass is 296 g/mol. The minimum absolute atomic E-state index is 0.0380. The molecule has 1 heterocycles. The maximum absolute atomic E-state index is 11.6. The van der Waals surface area contributed by atoms with E-state index in [0.29, 0.717) is 17.6 Å². The van der Waals surface area contributed by atoms with Crippen LogP contribution < -0.4 is 10.5 Å². The van der Waals surface area contributed by atoms with Gasteiger partial charge in [-0.15, -0.1) is 0 Å². The Balaban J connectivity index is 2.18. The molecule has 0 bridgehead atoms. The van der Waals surface area contributed by atoms with Crippen LogP contribution in [0.5, 0.6) is 11.5 Å². The number of fused-ring (bicyclic) bond motifs is 1. The molecule has 5 nitrogen and oxygen atoms in total. The standard InChI is InChI=1S/C17H16N2O3/c1-2-22-12-8-6-11(7-9-12)19-10-13(17(18)21)16-14(19)4-3-5-15(16)20/h3-10,20H,2H2,1H3,(H2,18,21). The predicted molar refractivity (Wildman–Crippen MR) is 84.6 cm³/mol. The molecule has 22 heavy (non-hydrogen) atoms. The van der Waals surface area contributed by atoms with E-state index in [4.69, 9.17) is 10.5 Å². The number of phenolic OH excluding ortho intramolecular Hbond substituents is 1. The zero-order valence-electron chi connectivity index (χ0n) is 12.1. The summed E-state index contributed by atoms with van der Waals surface area (Å²) in [5, 5.41) is 10.5. The first-order chi connectivity index (χ1) is 10.6. The van der Waals surface area contributed by atoms with Crippen molar-refractivity contribution in [3.63, 3.8) is 0 Å². The van der Waals surface area contributed by atoms with Gasteiger partial charge in [0.2, 0.25) is 0 Å². The Bertz CT molecular complexity index is 835. The normalized spacial score (nSPS) is 10.8. The number of hydrogen-bond acceptors (Lipinski definition) is 3. The zero-order chi connectivity index (χ0) is 15.7. The van der Waals surface area contributed by atoms with Crippen LogP contribution in [-0.2, 0) is 0 Å². The number of ether oxygens (including phenoxy) is 1. The number of hydrogen-bond donors (Lipinski definition) is 2. The highest BCUT2D eigenvalue weighted by atomic mass is 16.5. The molecule has 5 heteroatoms. The number of primary amides is 1. The van der Waals surface area contributed by atoms with Crippen molar-refractivity contribution in [2.75, 3.05) is 6.61 Å². The molecule has 112 valence electrons. The van der Waals surface area contributed by atoms with E-state index in [9.17, 15) is 9.90 Å². The Hall–Kier alpha value is -2.95. The summed E-state index contributed by atoms with van der Waals surface area (Å²) in [4.78, 5) is 11.6. The van der Waals surface area contributed by atoms with E-state index in [2.05, 4.69) is 0 Å². The first-order valence-corrected chi connectivity index (χ1v) is 6.98. The summed E-state index contributed by atoms with van der Waals surface area (Å²) in [6.45, 7) is 2.53. The van der Waals surface area contributed by atoms with E-state index >= 15 is 0 Å². The van der Waals surface area contributed by atoms with Crippen molar-refractivity contribution in [2.24, 2.45) is 5.73 Å². The SMILES string of the molecule is CCOc1ccc(-n2cc(C(N)=O)c3c(O)cccc32)cc1. The third-order valence-corrected chi connectivity index (χ3v) is 3.50. The lowest BCUT2D eigenvalue weighted by Crippen LogP contribution is -2.10. The Morgan fingerprint density at radius 3 is 2.59 bits per heavy atom. The van der Waals surface area contributed by atoms with Crippen LogP contribution in [0.25, 0.3) is 16.6 Å². The molecule has 3 N–H and O–H groups in total. The quantitative estimate of drug-likeness (QED) is 0.777. The van der Waals surface area contributed by atoms with Crippen LogP contribution in [0.4, 0.5) is 0 Å². The van der Waals surface area contributed by atoms with Gasteiger partial charge in [0.15, 0.2) is 0 Å². The van der Waals surface area contributed by atoms with Gasteiger partial charge in [0.1, 0.15) is 11.5 Å². The molecule has 1 amide bonds. The van der Waals surface area contributed by atoms with Gasteiger partial charge >= 0.3 is 0 Å². The first kappa shape index (κ1) is 14.0. The van der Waals surface area contributed by atoms with Crippen molar-refractivity contribution in [2.45, 2.75) is 6.92 Å². The highest BCUT2D eigenvalue weighted by molar-refractivity contribution is 6.09. The fourth-order valence-electron chi connectivity index (χ4n) is 2.54.